The molecule has 2 nitrogen and oxygen atoms in total. The number of aliphatic carboxylic acids is 1. The van der Waals surface area contributed by atoms with Crippen LogP contribution in [0.5, 0.6) is 0 Å². The molecule has 0 bridgehead atoms. The molecule has 0 aliphatic carbocycles. The molecule has 0 saturated carbocycles. The maximum Gasteiger partial charge on any atom is 0.311 e. The van der Waals surface area contributed by atoms with Crippen LogP contribution in [0.15, 0.2) is 54.6 Å². The zero-order chi connectivity index (χ0) is 15.2. The molecule has 0 aliphatic rings. The van der Waals surface area contributed by atoms with Gasteiger partial charge in [0.15, 0.2) is 0 Å². The first-order chi connectivity index (χ1) is 10.1. The molecule has 1 atom stereocenters. The lowest BCUT2D eigenvalue weighted by molar-refractivity contribution is -0.138. The molecule has 1 N–H and O–H groups in total. The highest BCUT2D eigenvalue weighted by Crippen LogP contribution is 2.22. The number of carboxylic acids is 1. The third kappa shape index (κ3) is 4.45. The van der Waals surface area contributed by atoms with E-state index in [0.717, 1.165) is 17.5 Å². The molecular weight excluding hydrogens is 260 g/mol. The van der Waals surface area contributed by atoms with Gasteiger partial charge in [-0.2, -0.15) is 0 Å². The molecule has 110 valence electrons. The normalized spacial score (nSPS) is 12.3. The van der Waals surface area contributed by atoms with Gasteiger partial charge in [-0.1, -0.05) is 68.4 Å². The number of hydrogen-bond acceptors (Lipinski definition) is 1. The molecule has 0 saturated heterocycles. The number of benzene rings is 2. The fraction of sp³-hybridized carbons (Fsp3) is 0.316. The van der Waals surface area contributed by atoms with E-state index in [4.69, 9.17) is 0 Å². The Hall–Kier alpha value is -2.09. The fourth-order valence-corrected chi connectivity index (χ4v) is 2.62. The van der Waals surface area contributed by atoms with Crippen LogP contribution in [0.25, 0.3) is 0 Å². The first-order valence-electron chi connectivity index (χ1n) is 7.42. The summed E-state index contributed by atoms with van der Waals surface area (Å²) in [6.07, 6.45) is 1.56. The van der Waals surface area contributed by atoms with Crippen LogP contribution in [0.3, 0.4) is 0 Å². The summed E-state index contributed by atoms with van der Waals surface area (Å²) in [6, 6.07) is 17.8. The first kappa shape index (κ1) is 15.3. The third-order valence-electron chi connectivity index (χ3n) is 3.58. The number of carboxylic acid groups (broad SMARTS) is 1. The van der Waals surface area contributed by atoms with Gasteiger partial charge in [0.2, 0.25) is 0 Å². The van der Waals surface area contributed by atoms with E-state index < -0.39 is 11.9 Å². The molecule has 0 spiro atoms. The molecule has 2 aromatic carbocycles. The van der Waals surface area contributed by atoms with Crippen molar-refractivity contribution in [2.24, 2.45) is 5.92 Å². The second-order valence-corrected chi connectivity index (χ2v) is 5.92. The third-order valence-corrected chi connectivity index (χ3v) is 3.58. The van der Waals surface area contributed by atoms with Crippen LogP contribution in [0.2, 0.25) is 0 Å². The van der Waals surface area contributed by atoms with E-state index in [1.165, 1.54) is 5.56 Å². The summed E-state index contributed by atoms with van der Waals surface area (Å²) >= 11 is 0. The quantitative estimate of drug-likeness (QED) is 0.858. The largest absolute Gasteiger partial charge is 0.481 e. The molecule has 0 aliphatic heterocycles. The molecule has 0 amide bonds. The second kappa shape index (κ2) is 7.07. The lowest BCUT2D eigenvalue weighted by Crippen LogP contribution is -2.14. The lowest BCUT2D eigenvalue weighted by atomic mass is 9.90. The molecule has 0 aromatic heterocycles. The summed E-state index contributed by atoms with van der Waals surface area (Å²) < 4.78 is 0. The van der Waals surface area contributed by atoms with Crippen LogP contribution >= 0.6 is 0 Å². The molecular formula is C19H22O2. The number of carbonyl (C=O) groups is 1. The average molecular weight is 282 g/mol. The average Bonchev–Trinajstić information content (AvgIpc) is 2.45. The summed E-state index contributed by atoms with van der Waals surface area (Å²) in [4.78, 5) is 11.6. The van der Waals surface area contributed by atoms with Crippen molar-refractivity contribution in [2.75, 3.05) is 0 Å². The second-order valence-electron chi connectivity index (χ2n) is 5.92. The van der Waals surface area contributed by atoms with Gasteiger partial charge in [-0.3, -0.25) is 4.79 Å². The summed E-state index contributed by atoms with van der Waals surface area (Å²) in [5.41, 5.74) is 3.23. The molecule has 21 heavy (non-hydrogen) atoms. The molecule has 2 aromatic rings. The van der Waals surface area contributed by atoms with Crippen molar-refractivity contribution in [3.63, 3.8) is 0 Å². The highest BCUT2D eigenvalue weighted by atomic mass is 16.4. The standard InChI is InChI=1S/C19H22O2/c1-14(2)11-15-7-6-8-16(12-15)13-18(19(20)21)17-9-4-3-5-10-17/h3-10,12,14,18H,11,13H2,1-2H3,(H,20,21). The highest BCUT2D eigenvalue weighted by Gasteiger charge is 2.20. The Bertz CT molecular complexity index is 588. The summed E-state index contributed by atoms with van der Waals surface area (Å²) in [6.45, 7) is 4.38. The van der Waals surface area contributed by atoms with E-state index >= 15 is 0 Å². The van der Waals surface area contributed by atoms with Crippen LogP contribution in [0.4, 0.5) is 0 Å². The van der Waals surface area contributed by atoms with Crippen molar-refractivity contribution in [1.29, 1.82) is 0 Å². The maximum absolute atomic E-state index is 11.6. The molecule has 2 rings (SSSR count). The van der Waals surface area contributed by atoms with E-state index in [-0.39, 0.29) is 0 Å². The first-order valence-corrected chi connectivity index (χ1v) is 7.42. The van der Waals surface area contributed by atoms with Crippen LogP contribution in [-0.2, 0) is 17.6 Å². The topological polar surface area (TPSA) is 37.3 Å². The Morgan fingerprint density at radius 1 is 0.952 bits per heavy atom. The predicted molar refractivity (Wildman–Crippen MR) is 85.5 cm³/mol. The molecule has 0 radical (unpaired) electrons. The minimum Gasteiger partial charge on any atom is -0.481 e. The van der Waals surface area contributed by atoms with Gasteiger partial charge in [-0.15, -0.1) is 0 Å². The number of hydrogen-bond donors (Lipinski definition) is 1. The molecule has 0 heterocycles. The molecule has 0 fully saturated rings. The minimum absolute atomic E-state index is 0.486. The van der Waals surface area contributed by atoms with Crippen LogP contribution in [0, 0.1) is 5.92 Å². The summed E-state index contributed by atoms with van der Waals surface area (Å²) in [5.74, 6) is -0.652. The van der Waals surface area contributed by atoms with E-state index in [9.17, 15) is 9.90 Å². The number of rotatable bonds is 6. The Kier molecular flexibility index (Phi) is 5.15. The van der Waals surface area contributed by atoms with Gasteiger partial charge in [0, 0.05) is 0 Å². The van der Waals surface area contributed by atoms with Crippen molar-refractivity contribution < 1.29 is 9.90 Å². The molecule has 1 unspecified atom stereocenters. The van der Waals surface area contributed by atoms with E-state index in [1.807, 2.05) is 42.5 Å². The fourth-order valence-electron chi connectivity index (χ4n) is 2.62. The Morgan fingerprint density at radius 3 is 2.14 bits per heavy atom. The van der Waals surface area contributed by atoms with Crippen LogP contribution in [0.1, 0.15) is 36.5 Å². The van der Waals surface area contributed by atoms with Gasteiger partial charge in [0.1, 0.15) is 0 Å². The zero-order valence-corrected chi connectivity index (χ0v) is 12.6. The Balaban J connectivity index is 2.20. The van der Waals surface area contributed by atoms with Gasteiger partial charge in [0.05, 0.1) is 5.92 Å². The van der Waals surface area contributed by atoms with Gasteiger partial charge in [-0.05, 0) is 35.4 Å². The van der Waals surface area contributed by atoms with Gasteiger partial charge < -0.3 is 5.11 Å². The SMILES string of the molecule is CC(C)Cc1cccc(CC(C(=O)O)c2ccccc2)c1. The Labute approximate surface area is 126 Å². The van der Waals surface area contributed by atoms with E-state index in [1.54, 1.807) is 0 Å². The maximum atomic E-state index is 11.6. The van der Waals surface area contributed by atoms with Gasteiger partial charge >= 0.3 is 5.97 Å². The molecule has 2 heteroatoms. The predicted octanol–water partition coefficient (Wildman–Crippen LogP) is 4.30. The van der Waals surface area contributed by atoms with Crippen molar-refractivity contribution in [2.45, 2.75) is 32.6 Å². The van der Waals surface area contributed by atoms with Crippen molar-refractivity contribution in [1.82, 2.24) is 0 Å². The van der Waals surface area contributed by atoms with Gasteiger partial charge in [0.25, 0.3) is 0 Å². The van der Waals surface area contributed by atoms with Crippen LogP contribution in [-0.4, -0.2) is 11.1 Å². The van der Waals surface area contributed by atoms with E-state index in [2.05, 4.69) is 26.0 Å². The smallest absolute Gasteiger partial charge is 0.311 e. The Morgan fingerprint density at radius 2 is 1.57 bits per heavy atom. The van der Waals surface area contributed by atoms with Crippen molar-refractivity contribution >= 4 is 5.97 Å². The zero-order valence-electron chi connectivity index (χ0n) is 12.6. The lowest BCUT2D eigenvalue weighted by Gasteiger charge is -2.14. The van der Waals surface area contributed by atoms with Crippen LogP contribution < -0.4 is 0 Å². The van der Waals surface area contributed by atoms with E-state index in [0.29, 0.717) is 12.3 Å². The van der Waals surface area contributed by atoms with Crippen molar-refractivity contribution in [3.8, 4) is 0 Å². The monoisotopic (exact) mass is 282 g/mol. The minimum atomic E-state index is -0.768. The van der Waals surface area contributed by atoms with Gasteiger partial charge in [-0.25, -0.2) is 0 Å². The van der Waals surface area contributed by atoms with Crippen molar-refractivity contribution in [3.05, 3.63) is 71.3 Å². The summed E-state index contributed by atoms with van der Waals surface area (Å²) in [7, 11) is 0. The summed E-state index contributed by atoms with van der Waals surface area (Å²) in [5, 5.41) is 9.50. The highest BCUT2D eigenvalue weighted by molar-refractivity contribution is 5.76.